The van der Waals surface area contributed by atoms with Gasteiger partial charge < -0.3 is 39.6 Å². The Labute approximate surface area is 152 Å². The molecule has 0 radical (unpaired) electrons. The zero-order chi connectivity index (χ0) is 15.2. The van der Waals surface area contributed by atoms with E-state index in [1.807, 2.05) is 13.0 Å². The molecule has 1 heterocycles. The van der Waals surface area contributed by atoms with Gasteiger partial charge in [0, 0.05) is 32.7 Å². The van der Waals surface area contributed by atoms with E-state index in [0.717, 1.165) is 44.0 Å². The maximum atomic E-state index is 10.2. The fourth-order valence-electron chi connectivity index (χ4n) is 2.69. The van der Waals surface area contributed by atoms with Crippen LogP contribution in [0.1, 0.15) is 18.1 Å². The van der Waals surface area contributed by atoms with Crippen LogP contribution in [-0.2, 0) is 0 Å². The van der Waals surface area contributed by atoms with Crippen LogP contribution in [-0.4, -0.2) is 66.9 Å². The molecule has 1 aliphatic heterocycles. The summed E-state index contributed by atoms with van der Waals surface area (Å²) in [5.41, 5.74) is 2.30. The molecule has 1 N–H and O–H groups in total. The number of halogens is 2. The Kier molecular flexibility index (Phi) is 10.9. The Morgan fingerprint density at radius 1 is 1.09 bits per heavy atom. The first-order chi connectivity index (χ1) is 10.1. The highest BCUT2D eigenvalue weighted by atomic mass is 35.5. The average Bonchev–Trinajstić information content (AvgIpc) is 2.49. The Morgan fingerprint density at radius 2 is 1.70 bits per heavy atom. The normalized spacial score (nSPS) is 17.0. The van der Waals surface area contributed by atoms with Crippen LogP contribution in [0.3, 0.4) is 0 Å². The molecule has 1 aliphatic rings. The monoisotopic (exact) mass is 362 g/mol. The lowest BCUT2D eigenvalue weighted by Gasteiger charge is -2.34. The van der Waals surface area contributed by atoms with E-state index in [2.05, 4.69) is 35.8 Å². The highest BCUT2D eigenvalue weighted by Crippen LogP contribution is 2.19. The number of ether oxygens (including phenoxy) is 1. The van der Waals surface area contributed by atoms with Gasteiger partial charge in [0.1, 0.15) is 18.5 Å². The van der Waals surface area contributed by atoms with Gasteiger partial charge in [0.2, 0.25) is 0 Å². The van der Waals surface area contributed by atoms with Crippen LogP contribution in [0, 0.1) is 13.8 Å². The first kappa shape index (κ1) is 22.5. The van der Waals surface area contributed by atoms with Gasteiger partial charge in [-0.15, -0.1) is 0 Å². The van der Waals surface area contributed by atoms with Gasteiger partial charge in [-0.05, 0) is 37.6 Å². The molecule has 0 aromatic heterocycles. The largest absolute Gasteiger partial charge is 1.00 e. The molecule has 6 heteroatoms. The van der Waals surface area contributed by atoms with Gasteiger partial charge >= 0.3 is 0 Å². The highest BCUT2D eigenvalue weighted by Gasteiger charge is 2.18. The van der Waals surface area contributed by atoms with Crippen molar-refractivity contribution in [2.45, 2.75) is 26.9 Å². The summed E-state index contributed by atoms with van der Waals surface area (Å²) in [6.07, 6.45) is -0.432. The van der Waals surface area contributed by atoms with E-state index in [0.29, 0.717) is 13.2 Å². The molecule has 0 spiro atoms. The van der Waals surface area contributed by atoms with Crippen LogP contribution >= 0.6 is 0 Å². The molecule has 4 nitrogen and oxygen atoms in total. The molecule has 1 atom stereocenters. The molecule has 2 rings (SSSR count). The number of piperazine rings is 1. The van der Waals surface area contributed by atoms with Crippen molar-refractivity contribution < 1.29 is 34.7 Å². The van der Waals surface area contributed by atoms with Crippen molar-refractivity contribution in [3.05, 3.63) is 29.3 Å². The molecule has 0 amide bonds. The molecule has 0 saturated carbocycles. The lowest BCUT2D eigenvalue weighted by Crippen LogP contribution is -3.00. The third-order valence-electron chi connectivity index (χ3n) is 4.16. The molecular formula is C17H28Cl2N2O2-2. The molecule has 0 bridgehead atoms. The van der Waals surface area contributed by atoms with Gasteiger partial charge in [0.25, 0.3) is 0 Å². The summed E-state index contributed by atoms with van der Waals surface area (Å²) in [5, 5.41) is 10.2. The topological polar surface area (TPSA) is 35.9 Å². The van der Waals surface area contributed by atoms with Crippen molar-refractivity contribution in [2.75, 3.05) is 45.9 Å². The van der Waals surface area contributed by atoms with E-state index in [-0.39, 0.29) is 24.8 Å². The lowest BCUT2D eigenvalue weighted by atomic mass is 10.1. The van der Waals surface area contributed by atoms with E-state index in [4.69, 9.17) is 4.74 Å². The van der Waals surface area contributed by atoms with Crippen molar-refractivity contribution in [1.82, 2.24) is 9.80 Å². The highest BCUT2D eigenvalue weighted by molar-refractivity contribution is 5.35. The van der Waals surface area contributed by atoms with Gasteiger partial charge in [0.15, 0.2) is 0 Å². The third-order valence-corrected chi connectivity index (χ3v) is 4.16. The van der Waals surface area contributed by atoms with Crippen LogP contribution in [0.15, 0.2) is 18.2 Å². The van der Waals surface area contributed by atoms with E-state index < -0.39 is 6.10 Å². The number of aliphatic hydroxyl groups is 1. The summed E-state index contributed by atoms with van der Waals surface area (Å²) in [5.74, 6) is 0.879. The van der Waals surface area contributed by atoms with Crippen LogP contribution < -0.4 is 29.6 Å². The van der Waals surface area contributed by atoms with Gasteiger partial charge in [-0.3, -0.25) is 4.90 Å². The third kappa shape index (κ3) is 7.27. The number of likely N-dealkylation sites (N-methyl/N-ethyl adjacent to an activating group) is 1. The molecule has 0 aliphatic carbocycles. The molecular weight excluding hydrogens is 335 g/mol. The maximum Gasteiger partial charge on any atom is 0.122 e. The van der Waals surface area contributed by atoms with Crippen LogP contribution in [0.2, 0.25) is 0 Å². The predicted octanol–water partition coefficient (Wildman–Crippen LogP) is -4.31. The van der Waals surface area contributed by atoms with Gasteiger partial charge in [0.05, 0.1) is 0 Å². The molecule has 1 unspecified atom stereocenters. The summed E-state index contributed by atoms with van der Waals surface area (Å²) < 4.78 is 5.78. The van der Waals surface area contributed by atoms with Crippen molar-refractivity contribution in [1.29, 1.82) is 0 Å². The number of nitrogens with zero attached hydrogens (tertiary/aromatic N) is 2. The predicted molar refractivity (Wildman–Crippen MR) is 86.0 cm³/mol. The molecule has 1 saturated heterocycles. The maximum absolute atomic E-state index is 10.2. The Morgan fingerprint density at radius 3 is 2.30 bits per heavy atom. The zero-order valence-corrected chi connectivity index (χ0v) is 15.8. The Bertz CT molecular complexity index is 452. The number of hydrogen-bond acceptors (Lipinski definition) is 4. The molecule has 23 heavy (non-hydrogen) atoms. The van der Waals surface area contributed by atoms with E-state index in [1.54, 1.807) is 0 Å². The average molecular weight is 363 g/mol. The van der Waals surface area contributed by atoms with Crippen LogP contribution in [0.4, 0.5) is 0 Å². The summed E-state index contributed by atoms with van der Waals surface area (Å²) in [7, 11) is 0. The number of β-amino-alcohol motifs (C(OH)–C–C–N with tert-alkyl or cyclic N) is 1. The van der Waals surface area contributed by atoms with Crippen molar-refractivity contribution in [2.24, 2.45) is 0 Å². The van der Waals surface area contributed by atoms with Crippen molar-refractivity contribution in [3.8, 4) is 5.75 Å². The van der Waals surface area contributed by atoms with Crippen molar-refractivity contribution in [3.63, 3.8) is 0 Å². The number of aryl methyl sites for hydroxylation is 2. The standard InChI is InChI=1S/C17H28N2O2.2ClH/c1-4-18-7-9-19(10-8-18)12-16(20)13-21-17-11-14(2)5-6-15(17)3;;/h5-6,11,16,20H,4,7-10,12-13H2,1-3H3;2*1H/p-2. The lowest BCUT2D eigenvalue weighted by molar-refractivity contribution is -0.001000. The Balaban J connectivity index is 0.00000242. The summed E-state index contributed by atoms with van der Waals surface area (Å²) in [6, 6.07) is 6.16. The minimum absolute atomic E-state index is 0. The van der Waals surface area contributed by atoms with Gasteiger partial charge in [-0.25, -0.2) is 0 Å². The number of hydrogen-bond donors (Lipinski definition) is 1. The molecule has 1 aromatic rings. The summed E-state index contributed by atoms with van der Waals surface area (Å²) in [4.78, 5) is 4.76. The number of aliphatic hydroxyl groups excluding tert-OH is 1. The van der Waals surface area contributed by atoms with Crippen LogP contribution in [0.25, 0.3) is 0 Å². The molecule has 1 fully saturated rings. The first-order valence-corrected chi connectivity index (χ1v) is 7.91. The van der Waals surface area contributed by atoms with Gasteiger partial charge in [-0.1, -0.05) is 19.1 Å². The number of benzene rings is 1. The summed E-state index contributed by atoms with van der Waals surface area (Å²) >= 11 is 0. The second-order valence-corrected chi connectivity index (χ2v) is 5.97. The van der Waals surface area contributed by atoms with Crippen molar-refractivity contribution >= 4 is 0 Å². The smallest absolute Gasteiger partial charge is 0.122 e. The summed E-state index contributed by atoms with van der Waals surface area (Å²) in [6.45, 7) is 12.7. The van der Waals surface area contributed by atoms with Crippen LogP contribution in [0.5, 0.6) is 5.75 Å². The first-order valence-electron chi connectivity index (χ1n) is 7.91. The second kappa shape index (κ2) is 11.1. The second-order valence-electron chi connectivity index (χ2n) is 5.97. The minimum atomic E-state index is -0.432. The number of rotatable bonds is 6. The fourth-order valence-corrected chi connectivity index (χ4v) is 2.69. The van der Waals surface area contributed by atoms with Gasteiger partial charge in [-0.2, -0.15) is 0 Å². The fraction of sp³-hybridized carbons (Fsp3) is 0.647. The van der Waals surface area contributed by atoms with E-state index in [1.165, 1.54) is 5.56 Å². The van der Waals surface area contributed by atoms with E-state index in [9.17, 15) is 5.11 Å². The molecule has 1 aromatic carbocycles. The minimum Gasteiger partial charge on any atom is -1.00 e. The zero-order valence-electron chi connectivity index (χ0n) is 14.3. The SMILES string of the molecule is CCN1CCN(CC(O)COc2cc(C)ccc2C)CC1.[Cl-].[Cl-]. The Hall–Kier alpha value is -0.520. The van der Waals surface area contributed by atoms with E-state index >= 15 is 0 Å². The molecule has 134 valence electrons. The quantitative estimate of drug-likeness (QED) is 0.555.